The van der Waals surface area contributed by atoms with Gasteiger partial charge in [0.2, 0.25) is 0 Å². The molecule has 0 saturated heterocycles. The van der Waals surface area contributed by atoms with Gasteiger partial charge in [-0.05, 0) is 49.9 Å². The average molecular weight is 425 g/mol. The largest absolute Gasteiger partial charge is 0.294 e. The summed E-state index contributed by atoms with van der Waals surface area (Å²) in [5.74, 6) is -2.32. The normalized spacial score (nSPS) is 21.0. The van der Waals surface area contributed by atoms with Gasteiger partial charge < -0.3 is 0 Å². The van der Waals surface area contributed by atoms with E-state index in [1.54, 1.807) is 29.6 Å². The van der Waals surface area contributed by atoms with Gasteiger partial charge in [0.1, 0.15) is 17.7 Å². The topological polar surface area (TPSA) is 58.2 Å². The van der Waals surface area contributed by atoms with Crippen molar-refractivity contribution < 1.29 is 18.0 Å². The molecule has 0 aliphatic heterocycles. The Morgan fingerprint density at radius 2 is 1.90 bits per heavy atom. The molecule has 0 N–H and O–H groups in total. The summed E-state index contributed by atoms with van der Waals surface area (Å²) in [5, 5.41) is 13.6. The van der Waals surface area contributed by atoms with Crippen LogP contribution in [0, 0.1) is 35.8 Å². The van der Waals surface area contributed by atoms with Crippen LogP contribution in [0.4, 0.5) is 13.2 Å². The van der Waals surface area contributed by atoms with Crippen molar-refractivity contribution in [3.63, 3.8) is 0 Å². The number of nitrogens with zero attached hydrogens (tertiary/aromatic N) is 3. The van der Waals surface area contributed by atoms with E-state index in [0.29, 0.717) is 34.5 Å². The lowest BCUT2D eigenvalue weighted by Crippen LogP contribution is -2.20. The second kappa shape index (κ2) is 7.52. The highest BCUT2D eigenvalue weighted by Crippen LogP contribution is 2.40. The van der Waals surface area contributed by atoms with Crippen LogP contribution in [0.3, 0.4) is 0 Å². The molecule has 4 nitrogen and oxygen atoms in total. The quantitative estimate of drug-likeness (QED) is 0.487. The lowest BCUT2D eigenvalue weighted by Gasteiger charge is -2.17. The van der Waals surface area contributed by atoms with E-state index in [-0.39, 0.29) is 30.1 Å². The van der Waals surface area contributed by atoms with Gasteiger partial charge >= 0.3 is 0 Å². The molecule has 4 rings (SSSR count). The number of hydrogen-bond acceptors (Lipinski definition) is 3. The molecule has 1 aliphatic rings. The molecule has 0 spiro atoms. The van der Waals surface area contributed by atoms with Crippen LogP contribution in [-0.4, -0.2) is 21.1 Å². The van der Waals surface area contributed by atoms with E-state index in [1.165, 1.54) is 18.2 Å². The highest BCUT2D eigenvalue weighted by molar-refractivity contribution is 6.00. The lowest BCUT2D eigenvalue weighted by molar-refractivity contribution is 0.0909. The molecule has 1 aliphatic carbocycles. The molecule has 2 unspecified atom stereocenters. The number of Topliss-reactive ketones (excluding diaryl/α,β-unsaturated/α-hetero) is 1. The van der Waals surface area contributed by atoms with Crippen LogP contribution in [0.2, 0.25) is 0 Å². The standard InChI is InChI=1S/C24H22F3N3O/c1-13(2)22-16(23(31)15-9-10-24(27,11-15)12-28)7-8-19-20(14(3)29-30(19)22)21-17(25)5-4-6-18(21)26/h4-8,13,15H,9-11H2,1-3H3. The first-order valence-electron chi connectivity index (χ1n) is 10.3. The van der Waals surface area contributed by atoms with E-state index in [1.807, 2.05) is 13.8 Å². The fourth-order valence-corrected chi connectivity index (χ4v) is 4.60. The predicted molar refractivity (Wildman–Crippen MR) is 110 cm³/mol. The molecule has 0 bridgehead atoms. The van der Waals surface area contributed by atoms with Crippen LogP contribution in [-0.2, 0) is 0 Å². The SMILES string of the molecule is Cc1nn2c(C(C)C)c(C(=O)C3CCC(F)(C#N)C3)ccc2c1-c1c(F)cccc1F. The van der Waals surface area contributed by atoms with E-state index in [9.17, 15) is 18.0 Å². The second-order valence-corrected chi connectivity index (χ2v) is 8.52. The molecule has 1 saturated carbocycles. The Kier molecular flexibility index (Phi) is 5.12. The van der Waals surface area contributed by atoms with Gasteiger partial charge in [0.25, 0.3) is 0 Å². The van der Waals surface area contributed by atoms with Crippen molar-refractivity contribution in [2.75, 3.05) is 0 Å². The third-order valence-corrected chi connectivity index (χ3v) is 6.06. The van der Waals surface area contributed by atoms with Gasteiger partial charge in [-0.1, -0.05) is 19.9 Å². The maximum Gasteiger partial charge on any atom is 0.197 e. The Labute approximate surface area is 178 Å². The van der Waals surface area contributed by atoms with E-state index in [0.717, 1.165) is 0 Å². The van der Waals surface area contributed by atoms with Crippen LogP contribution >= 0.6 is 0 Å². The van der Waals surface area contributed by atoms with Crippen molar-refractivity contribution in [3.05, 3.63) is 58.9 Å². The number of alkyl halides is 1. The number of nitriles is 1. The summed E-state index contributed by atoms with van der Waals surface area (Å²) in [6.45, 7) is 5.46. The van der Waals surface area contributed by atoms with E-state index < -0.39 is 23.2 Å². The van der Waals surface area contributed by atoms with Crippen LogP contribution in [0.5, 0.6) is 0 Å². The Morgan fingerprint density at radius 1 is 1.23 bits per heavy atom. The van der Waals surface area contributed by atoms with Gasteiger partial charge in [0, 0.05) is 23.5 Å². The van der Waals surface area contributed by atoms with Crippen LogP contribution in [0.1, 0.15) is 60.8 Å². The number of aromatic nitrogens is 2. The number of carbonyl (C=O) groups excluding carboxylic acids is 1. The number of rotatable bonds is 4. The third kappa shape index (κ3) is 3.40. The number of halogens is 3. The number of carbonyl (C=O) groups is 1. The third-order valence-electron chi connectivity index (χ3n) is 6.06. The molecule has 2 aromatic heterocycles. The first-order chi connectivity index (χ1) is 14.7. The average Bonchev–Trinajstić information content (AvgIpc) is 3.27. The van der Waals surface area contributed by atoms with Gasteiger partial charge in [0.15, 0.2) is 11.5 Å². The molecule has 0 radical (unpaired) electrons. The summed E-state index contributed by atoms with van der Waals surface area (Å²) >= 11 is 0. The fraction of sp³-hybridized carbons (Fsp3) is 0.375. The first-order valence-corrected chi connectivity index (χ1v) is 10.3. The van der Waals surface area contributed by atoms with Crippen LogP contribution in [0.15, 0.2) is 30.3 Å². The van der Waals surface area contributed by atoms with Crippen molar-refractivity contribution in [1.82, 2.24) is 9.61 Å². The summed E-state index contributed by atoms with van der Waals surface area (Å²) in [4.78, 5) is 13.3. The summed E-state index contributed by atoms with van der Waals surface area (Å²) in [6.07, 6.45) is 0.223. The number of ketones is 1. The maximum atomic E-state index is 14.5. The highest BCUT2D eigenvalue weighted by atomic mass is 19.1. The summed E-state index contributed by atoms with van der Waals surface area (Å²) in [6, 6.07) is 8.62. The van der Waals surface area contributed by atoms with Crippen LogP contribution in [0.25, 0.3) is 16.6 Å². The molecule has 1 fully saturated rings. The number of hydrogen-bond donors (Lipinski definition) is 0. The van der Waals surface area contributed by atoms with Crippen LogP contribution < -0.4 is 0 Å². The van der Waals surface area contributed by atoms with E-state index in [2.05, 4.69) is 5.10 Å². The first kappa shape index (κ1) is 21.1. The molecule has 2 heterocycles. The molecule has 2 atom stereocenters. The minimum absolute atomic E-state index is 0.0384. The van der Waals surface area contributed by atoms with E-state index >= 15 is 0 Å². The van der Waals surface area contributed by atoms with Crippen molar-refractivity contribution >= 4 is 11.3 Å². The highest BCUT2D eigenvalue weighted by Gasteiger charge is 2.43. The Bertz CT molecular complexity index is 1220. The van der Waals surface area contributed by atoms with Gasteiger partial charge in [-0.25, -0.2) is 17.7 Å². The Balaban J connectivity index is 1.89. The fourth-order valence-electron chi connectivity index (χ4n) is 4.60. The van der Waals surface area contributed by atoms with E-state index in [4.69, 9.17) is 5.26 Å². The Morgan fingerprint density at radius 3 is 2.48 bits per heavy atom. The number of pyridine rings is 1. The molecule has 160 valence electrons. The number of fused-ring (bicyclic) bond motifs is 1. The zero-order valence-electron chi connectivity index (χ0n) is 17.5. The molecule has 7 heteroatoms. The molecular formula is C24H22F3N3O. The predicted octanol–water partition coefficient (Wildman–Crippen LogP) is 5.93. The van der Waals surface area contributed by atoms with Gasteiger partial charge in [-0.15, -0.1) is 0 Å². The zero-order chi connectivity index (χ0) is 22.5. The minimum atomic E-state index is -1.97. The maximum absolute atomic E-state index is 14.5. The number of benzene rings is 1. The summed E-state index contributed by atoms with van der Waals surface area (Å²) in [7, 11) is 0. The zero-order valence-corrected chi connectivity index (χ0v) is 17.5. The minimum Gasteiger partial charge on any atom is -0.294 e. The molecule has 0 amide bonds. The molecule has 3 aromatic rings. The lowest BCUT2D eigenvalue weighted by atomic mass is 9.90. The Hall–Kier alpha value is -3.14. The number of aryl methyl sites for hydroxylation is 1. The summed E-state index contributed by atoms with van der Waals surface area (Å²) in [5.41, 5.74) is 0.133. The smallest absolute Gasteiger partial charge is 0.197 e. The molecule has 31 heavy (non-hydrogen) atoms. The van der Waals surface area contributed by atoms with Crippen molar-refractivity contribution in [2.45, 2.75) is 51.6 Å². The van der Waals surface area contributed by atoms with Gasteiger partial charge in [-0.3, -0.25) is 4.79 Å². The molecular weight excluding hydrogens is 403 g/mol. The van der Waals surface area contributed by atoms with Gasteiger partial charge in [-0.2, -0.15) is 10.4 Å². The monoisotopic (exact) mass is 425 g/mol. The van der Waals surface area contributed by atoms with Crippen molar-refractivity contribution in [2.24, 2.45) is 5.92 Å². The molecule has 1 aromatic carbocycles. The van der Waals surface area contributed by atoms with Crippen molar-refractivity contribution in [3.8, 4) is 17.2 Å². The van der Waals surface area contributed by atoms with Gasteiger partial charge in [0.05, 0.1) is 22.5 Å². The van der Waals surface area contributed by atoms with Crippen molar-refractivity contribution in [1.29, 1.82) is 5.26 Å². The second-order valence-electron chi connectivity index (χ2n) is 8.52. The summed E-state index contributed by atoms with van der Waals surface area (Å²) < 4.78 is 45.0.